The lowest BCUT2D eigenvalue weighted by atomic mass is 10.2. The number of aliphatic carboxylic acids is 1. The van der Waals surface area contributed by atoms with Crippen LogP contribution < -0.4 is 11.0 Å². The predicted molar refractivity (Wildman–Crippen MR) is 64.3 cm³/mol. The van der Waals surface area contributed by atoms with E-state index in [0.29, 0.717) is 13.0 Å². The van der Waals surface area contributed by atoms with Crippen LogP contribution in [0.2, 0.25) is 0 Å². The standard InChI is InChI=1S/C11H13N3O3/c15-10(16)2-1-5-12-7-3-4-8-9(6-7)14-11(17)13-8/h3-4,6,12H,1-2,5H2,(H,15,16)(H2,13,14,17). The van der Waals surface area contributed by atoms with Gasteiger partial charge in [0.2, 0.25) is 0 Å². The molecule has 0 unspecified atom stereocenters. The van der Waals surface area contributed by atoms with Crippen LogP contribution in [0.3, 0.4) is 0 Å². The van der Waals surface area contributed by atoms with Crippen LogP contribution in [0.15, 0.2) is 23.0 Å². The van der Waals surface area contributed by atoms with Crippen LogP contribution in [-0.4, -0.2) is 27.6 Å². The summed E-state index contributed by atoms with van der Waals surface area (Å²) in [6.45, 7) is 0.590. The first kappa shape index (κ1) is 11.3. The van der Waals surface area contributed by atoms with E-state index in [1.165, 1.54) is 0 Å². The maximum absolute atomic E-state index is 11.0. The van der Waals surface area contributed by atoms with Crippen molar-refractivity contribution >= 4 is 22.7 Å². The van der Waals surface area contributed by atoms with Crippen LogP contribution in [-0.2, 0) is 4.79 Å². The third kappa shape index (κ3) is 2.87. The molecule has 1 aromatic heterocycles. The highest BCUT2D eigenvalue weighted by Gasteiger charge is 2.00. The molecule has 0 amide bonds. The van der Waals surface area contributed by atoms with E-state index in [1.54, 1.807) is 6.07 Å². The van der Waals surface area contributed by atoms with Gasteiger partial charge in [0.15, 0.2) is 0 Å². The smallest absolute Gasteiger partial charge is 0.323 e. The molecule has 2 aromatic rings. The number of imidazole rings is 1. The number of aromatic nitrogens is 2. The molecule has 0 saturated heterocycles. The van der Waals surface area contributed by atoms with Gasteiger partial charge in [-0.15, -0.1) is 0 Å². The van der Waals surface area contributed by atoms with Gasteiger partial charge in [-0.1, -0.05) is 0 Å². The fourth-order valence-corrected chi connectivity index (χ4v) is 1.61. The van der Waals surface area contributed by atoms with Crippen molar-refractivity contribution in [3.8, 4) is 0 Å². The Balaban J connectivity index is 1.99. The molecule has 0 aliphatic carbocycles. The number of carboxylic acids is 1. The molecule has 6 nitrogen and oxygen atoms in total. The van der Waals surface area contributed by atoms with Crippen LogP contribution in [0.1, 0.15) is 12.8 Å². The van der Waals surface area contributed by atoms with E-state index in [2.05, 4.69) is 15.3 Å². The second kappa shape index (κ2) is 4.73. The lowest BCUT2D eigenvalue weighted by molar-refractivity contribution is -0.137. The number of hydrogen-bond acceptors (Lipinski definition) is 3. The van der Waals surface area contributed by atoms with E-state index in [9.17, 15) is 9.59 Å². The summed E-state index contributed by atoms with van der Waals surface area (Å²) in [6.07, 6.45) is 0.716. The summed E-state index contributed by atoms with van der Waals surface area (Å²) >= 11 is 0. The molecular weight excluding hydrogens is 222 g/mol. The van der Waals surface area contributed by atoms with E-state index in [1.807, 2.05) is 12.1 Å². The van der Waals surface area contributed by atoms with E-state index in [0.717, 1.165) is 16.7 Å². The zero-order valence-electron chi connectivity index (χ0n) is 9.12. The number of benzene rings is 1. The van der Waals surface area contributed by atoms with E-state index in [4.69, 9.17) is 5.11 Å². The van der Waals surface area contributed by atoms with Gasteiger partial charge in [0.05, 0.1) is 11.0 Å². The number of carbonyl (C=O) groups is 1. The third-order valence-electron chi connectivity index (χ3n) is 2.41. The van der Waals surface area contributed by atoms with Gasteiger partial charge in [-0.25, -0.2) is 4.79 Å². The third-order valence-corrected chi connectivity index (χ3v) is 2.41. The number of rotatable bonds is 5. The number of nitrogens with one attached hydrogen (secondary N) is 3. The molecule has 2 rings (SSSR count). The normalized spacial score (nSPS) is 10.6. The van der Waals surface area contributed by atoms with Crippen molar-refractivity contribution in [1.82, 2.24) is 9.97 Å². The highest BCUT2D eigenvalue weighted by molar-refractivity contribution is 5.78. The molecule has 0 fully saturated rings. The summed E-state index contributed by atoms with van der Waals surface area (Å²) in [7, 11) is 0. The minimum absolute atomic E-state index is 0.149. The molecule has 0 radical (unpaired) electrons. The molecule has 0 saturated carbocycles. The van der Waals surface area contributed by atoms with Gasteiger partial charge in [-0.05, 0) is 24.6 Å². The number of fused-ring (bicyclic) bond motifs is 1. The quantitative estimate of drug-likeness (QED) is 0.584. The van der Waals surface area contributed by atoms with Gasteiger partial charge in [0.1, 0.15) is 0 Å². The number of anilines is 1. The van der Waals surface area contributed by atoms with Crippen molar-refractivity contribution in [3.63, 3.8) is 0 Å². The maximum atomic E-state index is 11.0. The van der Waals surface area contributed by atoms with Crippen LogP contribution in [0.4, 0.5) is 5.69 Å². The maximum Gasteiger partial charge on any atom is 0.323 e. The van der Waals surface area contributed by atoms with Crippen molar-refractivity contribution in [1.29, 1.82) is 0 Å². The van der Waals surface area contributed by atoms with Crippen LogP contribution in [0.25, 0.3) is 11.0 Å². The highest BCUT2D eigenvalue weighted by Crippen LogP contribution is 2.14. The molecule has 0 atom stereocenters. The average Bonchev–Trinajstić information content (AvgIpc) is 2.63. The number of H-pyrrole nitrogens is 2. The second-order valence-corrected chi connectivity index (χ2v) is 3.76. The van der Waals surface area contributed by atoms with Crippen LogP contribution >= 0.6 is 0 Å². The molecule has 0 aliphatic heterocycles. The predicted octanol–water partition coefficient (Wildman–Crippen LogP) is 1.13. The van der Waals surface area contributed by atoms with Crippen molar-refractivity contribution in [2.75, 3.05) is 11.9 Å². The fraction of sp³-hybridized carbons (Fsp3) is 0.273. The first-order valence-corrected chi connectivity index (χ1v) is 5.33. The van der Waals surface area contributed by atoms with Gasteiger partial charge in [0, 0.05) is 18.7 Å². The Morgan fingerprint density at radius 1 is 1.29 bits per heavy atom. The first-order valence-electron chi connectivity index (χ1n) is 5.33. The Morgan fingerprint density at radius 3 is 2.82 bits per heavy atom. The number of aromatic amines is 2. The zero-order chi connectivity index (χ0) is 12.3. The van der Waals surface area contributed by atoms with Crippen LogP contribution in [0, 0.1) is 0 Å². The summed E-state index contributed by atoms with van der Waals surface area (Å²) < 4.78 is 0. The van der Waals surface area contributed by atoms with Crippen molar-refractivity contribution in [3.05, 3.63) is 28.7 Å². The first-order chi connectivity index (χ1) is 8.15. The van der Waals surface area contributed by atoms with Crippen molar-refractivity contribution < 1.29 is 9.90 Å². The summed E-state index contributed by atoms with van der Waals surface area (Å²) in [5, 5.41) is 11.6. The molecule has 1 heterocycles. The van der Waals surface area contributed by atoms with E-state index >= 15 is 0 Å². The molecule has 90 valence electrons. The summed E-state index contributed by atoms with van der Waals surface area (Å²) in [4.78, 5) is 26.7. The topological polar surface area (TPSA) is 98.0 Å². The van der Waals surface area contributed by atoms with E-state index in [-0.39, 0.29) is 12.1 Å². The minimum atomic E-state index is -0.794. The molecule has 0 aliphatic rings. The molecule has 4 N–H and O–H groups in total. The molecule has 1 aromatic carbocycles. The van der Waals surface area contributed by atoms with Crippen molar-refractivity contribution in [2.45, 2.75) is 12.8 Å². The van der Waals surface area contributed by atoms with Gasteiger partial charge < -0.3 is 20.4 Å². The minimum Gasteiger partial charge on any atom is -0.481 e. The summed E-state index contributed by atoms with van der Waals surface area (Å²) in [6, 6.07) is 5.45. The van der Waals surface area contributed by atoms with Gasteiger partial charge >= 0.3 is 11.7 Å². The molecular formula is C11H13N3O3. The Morgan fingerprint density at radius 2 is 2.06 bits per heavy atom. The Bertz CT molecular complexity index is 585. The molecule has 17 heavy (non-hydrogen) atoms. The molecule has 0 bridgehead atoms. The average molecular weight is 235 g/mol. The van der Waals surface area contributed by atoms with Gasteiger partial charge in [-0.3, -0.25) is 4.79 Å². The Kier molecular flexibility index (Phi) is 3.13. The molecule has 6 heteroatoms. The zero-order valence-corrected chi connectivity index (χ0v) is 9.12. The Hall–Kier alpha value is -2.24. The van der Waals surface area contributed by atoms with Gasteiger partial charge in [0.25, 0.3) is 0 Å². The lowest BCUT2D eigenvalue weighted by Crippen LogP contribution is -2.04. The molecule has 0 spiro atoms. The number of carboxylic acid groups (broad SMARTS) is 1. The monoisotopic (exact) mass is 235 g/mol. The van der Waals surface area contributed by atoms with Gasteiger partial charge in [-0.2, -0.15) is 0 Å². The summed E-state index contributed by atoms with van der Waals surface area (Å²) in [5.74, 6) is -0.794. The highest BCUT2D eigenvalue weighted by atomic mass is 16.4. The lowest BCUT2D eigenvalue weighted by Gasteiger charge is -2.04. The Labute approximate surface area is 96.7 Å². The van der Waals surface area contributed by atoms with E-state index < -0.39 is 5.97 Å². The fourth-order valence-electron chi connectivity index (χ4n) is 1.61. The largest absolute Gasteiger partial charge is 0.481 e. The van der Waals surface area contributed by atoms with Crippen molar-refractivity contribution in [2.24, 2.45) is 0 Å². The second-order valence-electron chi connectivity index (χ2n) is 3.76. The van der Waals surface area contributed by atoms with Crippen LogP contribution in [0.5, 0.6) is 0 Å². The SMILES string of the molecule is O=C(O)CCCNc1ccc2[nH]c(=O)[nH]c2c1. The summed E-state index contributed by atoms with van der Waals surface area (Å²) in [5.41, 5.74) is 2.12. The number of hydrogen-bond donors (Lipinski definition) is 4.